The smallest absolute Gasteiger partial charge is 0.245 e. The minimum absolute atomic E-state index is 0.111. The van der Waals surface area contributed by atoms with Crippen LogP contribution in [0.4, 0.5) is 5.13 Å². The van der Waals surface area contributed by atoms with Gasteiger partial charge in [0.1, 0.15) is 4.90 Å². The Kier molecular flexibility index (Phi) is 6.38. The molecule has 0 atom stereocenters. The lowest BCUT2D eigenvalue weighted by molar-refractivity contribution is -0.116. The average Bonchev–Trinajstić information content (AvgIpc) is 3.09. The monoisotopic (exact) mass is 418 g/mol. The van der Waals surface area contributed by atoms with Gasteiger partial charge in [0, 0.05) is 29.2 Å². The molecular weight excluding hydrogens is 396 g/mol. The number of nitrogens with zero attached hydrogens (tertiary/aromatic N) is 3. The van der Waals surface area contributed by atoms with Gasteiger partial charge in [-0.1, -0.05) is 31.5 Å². The summed E-state index contributed by atoms with van der Waals surface area (Å²) in [5, 5.41) is 3.88. The van der Waals surface area contributed by atoms with Gasteiger partial charge < -0.3 is 5.32 Å². The molecule has 0 bridgehead atoms. The Bertz CT molecular complexity index is 1070. The maximum atomic E-state index is 13.3. The first-order chi connectivity index (χ1) is 13.4. The van der Waals surface area contributed by atoms with Gasteiger partial charge in [0.15, 0.2) is 5.13 Å². The van der Waals surface area contributed by atoms with Gasteiger partial charge in [-0.05, 0) is 25.5 Å². The number of nitrogens with one attached hydrogen (secondary N) is 1. The molecule has 7 nitrogen and oxygen atoms in total. The maximum Gasteiger partial charge on any atom is 0.245 e. The molecule has 0 aliphatic rings. The molecule has 1 amide bonds. The molecule has 1 aromatic carbocycles. The molecule has 9 heteroatoms. The van der Waals surface area contributed by atoms with E-state index in [2.05, 4.69) is 15.3 Å². The molecule has 28 heavy (non-hydrogen) atoms. The van der Waals surface area contributed by atoms with E-state index in [1.807, 2.05) is 26.0 Å². The van der Waals surface area contributed by atoms with Crippen LogP contribution in [0, 0.1) is 6.92 Å². The summed E-state index contributed by atoms with van der Waals surface area (Å²) in [5.74, 6) is -0.415. The van der Waals surface area contributed by atoms with Crippen LogP contribution in [-0.4, -0.2) is 41.7 Å². The number of carbonyl (C=O) groups is 1. The van der Waals surface area contributed by atoms with E-state index in [-0.39, 0.29) is 18.0 Å². The van der Waals surface area contributed by atoms with Crippen LogP contribution in [0.3, 0.4) is 0 Å². The fraction of sp³-hybridized carbons (Fsp3) is 0.316. The van der Waals surface area contributed by atoms with E-state index < -0.39 is 15.9 Å². The van der Waals surface area contributed by atoms with Crippen LogP contribution in [-0.2, 0) is 14.8 Å². The zero-order valence-corrected chi connectivity index (χ0v) is 17.4. The normalized spacial score (nSPS) is 11.8. The van der Waals surface area contributed by atoms with Crippen molar-refractivity contribution in [2.45, 2.75) is 31.6 Å². The van der Waals surface area contributed by atoms with Crippen LogP contribution in [0.15, 0.2) is 47.6 Å². The maximum absolute atomic E-state index is 13.3. The van der Waals surface area contributed by atoms with Crippen molar-refractivity contribution in [3.05, 3.63) is 47.6 Å². The van der Waals surface area contributed by atoms with Gasteiger partial charge >= 0.3 is 0 Å². The number of aryl methyl sites for hydroxylation is 1. The number of carbonyl (C=O) groups excluding carboxylic acids is 1. The Morgan fingerprint density at radius 3 is 2.71 bits per heavy atom. The molecule has 3 rings (SSSR count). The molecule has 0 aliphatic carbocycles. The highest BCUT2D eigenvalue weighted by Gasteiger charge is 2.28. The van der Waals surface area contributed by atoms with Gasteiger partial charge in [0.2, 0.25) is 15.9 Å². The second-order valence-corrected chi connectivity index (χ2v) is 9.49. The molecule has 148 valence electrons. The molecule has 0 spiro atoms. The van der Waals surface area contributed by atoms with Crippen molar-refractivity contribution in [2.75, 3.05) is 18.4 Å². The summed E-state index contributed by atoms with van der Waals surface area (Å²) in [5.41, 5.74) is 0.405. The number of anilines is 1. The van der Waals surface area contributed by atoms with Gasteiger partial charge in [-0.15, -0.1) is 11.3 Å². The van der Waals surface area contributed by atoms with Gasteiger partial charge in [0.05, 0.1) is 12.1 Å². The molecule has 0 saturated carbocycles. The number of hydrogen-bond donors (Lipinski definition) is 1. The highest BCUT2D eigenvalue weighted by Crippen LogP contribution is 2.24. The third-order valence-corrected chi connectivity index (χ3v) is 6.87. The number of hydrogen-bond acceptors (Lipinski definition) is 6. The van der Waals surface area contributed by atoms with Crippen LogP contribution in [0.1, 0.15) is 24.6 Å². The van der Waals surface area contributed by atoms with Crippen molar-refractivity contribution < 1.29 is 13.2 Å². The van der Waals surface area contributed by atoms with E-state index in [4.69, 9.17) is 0 Å². The van der Waals surface area contributed by atoms with Gasteiger partial charge in [-0.2, -0.15) is 4.31 Å². The Balaban J connectivity index is 1.89. The number of aromatic nitrogens is 2. The molecule has 0 unspecified atom stereocenters. The second-order valence-electron chi connectivity index (χ2n) is 6.35. The summed E-state index contributed by atoms with van der Waals surface area (Å²) in [7, 11) is -3.89. The highest BCUT2D eigenvalue weighted by molar-refractivity contribution is 7.89. The lowest BCUT2D eigenvalue weighted by atomic mass is 10.2. The SMILES string of the molecule is CCCCN(CC(=O)Nc1ncc(C)s1)S(=O)(=O)c1cccc2cccnc12. The summed E-state index contributed by atoms with van der Waals surface area (Å²) in [6.45, 7) is 3.85. The first-order valence-electron chi connectivity index (χ1n) is 8.98. The van der Waals surface area contributed by atoms with Crippen molar-refractivity contribution in [1.82, 2.24) is 14.3 Å². The summed E-state index contributed by atoms with van der Waals surface area (Å²) in [4.78, 5) is 21.9. The number of sulfonamides is 1. The molecule has 2 aromatic heterocycles. The molecule has 0 saturated heterocycles. The van der Waals surface area contributed by atoms with Crippen LogP contribution in [0.2, 0.25) is 0 Å². The van der Waals surface area contributed by atoms with Gasteiger partial charge in [-0.3, -0.25) is 9.78 Å². The molecule has 0 fully saturated rings. The number of fused-ring (bicyclic) bond motifs is 1. The highest BCUT2D eigenvalue weighted by atomic mass is 32.2. The van der Waals surface area contributed by atoms with E-state index in [0.29, 0.717) is 17.1 Å². The zero-order valence-electron chi connectivity index (χ0n) is 15.8. The number of benzene rings is 1. The van der Waals surface area contributed by atoms with E-state index in [1.54, 1.807) is 24.5 Å². The van der Waals surface area contributed by atoms with E-state index in [1.165, 1.54) is 21.7 Å². The van der Waals surface area contributed by atoms with Crippen molar-refractivity contribution in [2.24, 2.45) is 0 Å². The van der Waals surface area contributed by atoms with Crippen LogP contribution in [0.5, 0.6) is 0 Å². The third-order valence-electron chi connectivity index (χ3n) is 4.16. The largest absolute Gasteiger partial charge is 0.301 e. The van der Waals surface area contributed by atoms with E-state index >= 15 is 0 Å². The Hall–Kier alpha value is -2.36. The van der Waals surface area contributed by atoms with Crippen LogP contribution >= 0.6 is 11.3 Å². The third kappa shape index (κ3) is 4.54. The topological polar surface area (TPSA) is 92.3 Å². The average molecular weight is 419 g/mol. The Morgan fingerprint density at radius 1 is 1.21 bits per heavy atom. The lowest BCUT2D eigenvalue weighted by Crippen LogP contribution is -2.38. The summed E-state index contributed by atoms with van der Waals surface area (Å²) >= 11 is 1.35. The van der Waals surface area contributed by atoms with Crippen molar-refractivity contribution in [3.8, 4) is 0 Å². The molecule has 2 heterocycles. The lowest BCUT2D eigenvalue weighted by Gasteiger charge is -2.22. The second kappa shape index (κ2) is 8.76. The van der Waals surface area contributed by atoms with Gasteiger partial charge in [0.25, 0.3) is 0 Å². The molecule has 3 aromatic rings. The Labute approximate surface area is 168 Å². The summed E-state index contributed by atoms with van der Waals surface area (Å²) < 4.78 is 27.9. The number of para-hydroxylation sites is 1. The first-order valence-corrected chi connectivity index (χ1v) is 11.2. The minimum Gasteiger partial charge on any atom is -0.301 e. The molecule has 0 aliphatic heterocycles. The standard InChI is InChI=1S/C19H22N4O3S2/c1-3-4-11-23(13-17(24)22-19-21-12-14(2)27-19)28(25,26)16-9-5-7-15-8-6-10-20-18(15)16/h5-10,12H,3-4,11,13H2,1-2H3,(H,21,22,24). The van der Waals surface area contributed by atoms with E-state index in [9.17, 15) is 13.2 Å². The molecule has 1 N–H and O–H groups in total. The fourth-order valence-corrected chi connectivity index (χ4v) is 5.05. The summed E-state index contributed by atoms with van der Waals surface area (Å²) in [6, 6.07) is 8.61. The summed E-state index contributed by atoms with van der Waals surface area (Å²) in [6.07, 6.45) is 4.69. The number of thiazole rings is 1. The van der Waals surface area contributed by atoms with Gasteiger partial charge in [-0.25, -0.2) is 13.4 Å². The predicted octanol–water partition coefficient (Wildman–Crippen LogP) is 3.43. The fourth-order valence-electron chi connectivity index (χ4n) is 2.77. The first kappa shape index (κ1) is 20.4. The van der Waals surface area contributed by atoms with E-state index in [0.717, 1.165) is 16.7 Å². The number of pyridine rings is 1. The molecular formula is C19H22N4O3S2. The Morgan fingerprint density at radius 2 is 2.00 bits per heavy atom. The van der Waals surface area contributed by atoms with Crippen molar-refractivity contribution >= 4 is 43.3 Å². The molecule has 0 radical (unpaired) electrons. The predicted molar refractivity (Wildman–Crippen MR) is 111 cm³/mol. The van der Waals surface area contributed by atoms with Crippen molar-refractivity contribution in [1.29, 1.82) is 0 Å². The quantitative estimate of drug-likeness (QED) is 0.605. The number of amides is 1. The minimum atomic E-state index is -3.89. The number of rotatable bonds is 8. The zero-order chi connectivity index (χ0) is 20.1. The van der Waals surface area contributed by atoms with Crippen molar-refractivity contribution in [3.63, 3.8) is 0 Å². The number of unbranched alkanes of at least 4 members (excludes halogenated alkanes) is 1. The van der Waals surface area contributed by atoms with Crippen LogP contribution in [0.25, 0.3) is 10.9 Å². The van der Waals surface area contributed by atoms with Crippen LogP contribution < -0.4 is 5.32 Å².